The van der Waals surface area contributed by atoms with Gasteiger partial charge in [0, 0.05) is 5.70 Å². The number of rotatable bonds is 9. The number of carbonyl (C=O) groups excluding carboxylic acids is 1. The number of amides is 1. The average molecular weight is 418 g/mol. The molecule has 1 aromatic heterocycles. The second-order valence-electron chi connectivity index (χ2n) is 6.64. The summed E-state index contributed by atoms with van der Waals surface area (Å²) in [7, 11) is 1.60. The van der Waals surface area contributed by atoms with E-state index in [0.29, 0.717) is 40.5 Å². The fourth-order valence-corrected chi connectivity index (χ4v) is 3.80. The van der Waals surface area contributed by atoms with E-state index < -0.39 is 11.9 Å². The number of hydrogen-bond donors (Lipinski definition) is 2. The summed E-state index contributed by atoms with van der Waals surface area (Å²) in [5.41, 5.74) is 7.65. The van der Waals surface area contributed by atoms with Gasteiger partial charge in [-0.2, -0.15) is 4.98 Å². The molecule has 0 radical (unpaired) electrons. The van der Waals surface area contributed by atoms with E-state index >= 15 is 0 Å². The maximum Gasteiger partial charge on any atom is 0.248 e. The van der Waals surface area contributed by atoms with Crippen LogP contribution in [0.2, 0.25) is 0 Å². The number of ether oxygens (including phenoxy) is 2. The van der Waals surface area contributed by atoms with Crippen molar-refractivity contribution in [3.8, 4) is 11.5 Å². The highest BCUT2D eigenvalue weighted by molar-refractivity contribution is 7.99. The molecular formula is C20H27N5O3S. The summed E-state index contributed by atoms with van der Waals surface area (Å²) in [5, 5.41) is 8.38. The van der Waals surface area contributed by atoms with E-state index in [9.17, 15) is 4.79 Å². The lowest BCUT2D eigenvalue weighted by Crippen LogP contribution is -2.31. The van der Waals surface area contributed by atoms with E-state index in [4.69, 9.17) is 15.2 Å². The van der Waals surface area contributed by atoms with E-state index in [2.05, 4.69) is 22.3 Å². The van der Waals surface area contributed by atoms with E-state index in [0.717, 1.165) is 24.2 Å². The number of allylic oxidation sites excluding steroid dienone is 1. The molecule has 1 aromatic carbocycles. The molecule has 29 heavy (non-hydrogen) atoms. The van der Waals surface area contributed by atoms with Crippen LogP contribution in [0, 0.1) is 0 Å². The maximum atomic E-state index is 12.3. The van der Waals surface area contributed by atoms with Crippen molar-refractivity contribution < 1.29 is 14.3 Å². The Bertz CT molecular complexity index is 925. The van der Waals surface area contributed by atoms with Crippen LogP contribution < -0.4 is 20.5 Å². The molecule has 3 N–H and O–H groups in total. The maximum absolute atomic E-state index is 12.3. The minimum Gasteiger partial charge on any atom is -0.493 e. The SMILES string of the molecule is CCCCOc1ccc(C2C(C(N)=O)=C(C)Nc3nc(SCC)nn32)cc1OC. The predicted octanol–water partition coefficient (Wildman–Crippen LogP) is 3.35. The molecule has 1 aliphatic rings. The molecule has 0 bridgehead atoms. The minimum absolute atomic E-state index is 0.442. The van der Waals surface area contributed by atoms with Crippen molar-refractivity contribution in [2.24, 2.45) is 5.73 Å². The van der Waals surface area contributed by atoms with Gasteiger partial charge in [-0.05, 0) is 36.8 Å². The molecular weight excluding hydrogens is 390 g/mol. The van der Waals surface area contributed by atoms with Gasteiger partial charge in [0.05, 0.1) is 19.3 Å². The molecule has 1 atom stereocenters. The van der Waals surface area contributed by atoms with Crippen LogP contribution in [0.5, 0.6) is 11.5 Å². The van der Waals surface area contributed by atoms with Gasteiger partial charge in [0.25, 0.3) is 0 Å². The highest BCUT2D eigenvalue weighted by atomic mass is 32.2. The van der Waals surface area contributed by atoms with Gasteiger partial charge in [0.15, 0.2) is 11.5 Å². The van der Waals surface area contributed by atoms with E-state index in [1.807, 2.05) is 32.0 Å². The van der Waals surface area contributed by atoms with E-state index in [-0.39, 0.29) is 0 Å². The quantitative estimate of drug-likeness (QED) is 0.476. The Balaban J connectivity index is 2.05. The first-order valence-electron chi connectivity index (χ1n) is 9.67. The molecule has 0 aliphatic carbocycles. The highest BCUT2D eigenvalue weighted by Gasteiger charge is 2.33. The molecule has 1 aliphatic heterocycles. The summed E-state index contributed by atoms with van der Waals surface area (Å²) in [5.74, 6) is 2.19. The fourth-order valence-electron chi connectivity index (χ4n) is 3.25. The molecule has 0 spiro atoms. The van der Waals surface area contributed by atoms with Gasteiger partial charge in [-0.15, -0.1) is 5.10 Å². The largest absolute Gasteiger partial charge is 0.493 e. The molecule has 2 aromatic rings. The van der Waals surface area contributed by atoms with Crippen molar-refractivity contribution in [2.75, 3.05) is 24.8 Å². The van der Waals surface area contributed by atoms with Crippen LogP contribution in [0.15, 0.2) is 34.6 Å². The number of carbonyl (C=O) groups is 1. The lowest BCUT2D eigenvalue weighted by Gasteiger charge is -2.28. The molecule has 156 valence electrons. The number of fused-ring (bicyclic) bond motifs is 1. The summed E-state index contributed by atoms with van der Waals surface area (Å²) < 4.78 is 13.1. The predicted molar refractivity (Wildman–Crippen MR) is 113 cm³/mol. The van der Waals surface area contributed by atoms with Crippen LogP contribution >= 0.6 is 11.8 Å². The lowest BCUT2D eigenvalue weighted by atomic mass is 9.95. The normalized spacial score (nSPS) is 15.7. The van der Waals surface area contributed by atoms with E-state index in [1.165, 1.54) is 11.8 Å². The van der Waals surface area contributed by atoms with Gasteiger partial charge >= 0.3 is 0 Å². The Morgan fingerprint density at radius 1 is 1.34 bits per heavy atom. The second-order valence-corrected chi connectivity index (χ2v) is 7.87. The van der Waals surface area contributed by atoms with Crippen LogP contribution in [-0.2, 0) is 4.79 Å². The average Bonchev–Trinajstić information content (AvgIpc) is 3.09. The van der Waals surface area contributed by atoms with Gasteiger partial charge in [-0.3, -0.25) is 4.79 Å². The van der Waals surface area contributed by atoms with Gasteiger partial charge in [0.1, 0.15) is 6.04 Å². The zero-order chi connectivity index (χ0) is 21.0. The fraction of sp³-hybridized carbons (Fsp3) is 0.450. The minimum atomic E-state index is -0.506. The van der Waals surface area contributed by atoms with Crippen molar-refractivity contribution >= 4 is 23.6 Å². The summed E-state index contributed by atoms with van der Waals surface area (Å²) in [4.78, 5) is 16.8. The monoisotopic (exact) mass is 417 g/mol. The molecule has 0 saturated heterocycles. The Morgan fingerprint density at radius 2 is 2.14 bits per heavy atom. The summed E-state index contributed by atoms with van der Waals surface area (Å²) in [6.07, 6.45) is 2.02. The number of aromatic nitrogens is 3. The Labute approximate surface area is 174 Å². The number of anilines is 1. The van der Waals surface area contributed by atoms with Crippen LogP contribution in [0.4, 0.5) is 5.95 Å². The molecule has 1 unspecified atom stereocenters. The third-order valence-corrected chi connectivity index (χ3v) is 5.35. The molecule has 2 heterocycles. The van der Waals surface area contributed by atoms with Crippen molar-refractivity contribution in [1.82, 2.24) is 14.8 Å². The molecule has 1 amide bonds. The zero-order valence-corrected chi connectivity index (χ0v) is 18.0. The molecule has 0 fully saturated rings. The van der Waals surface area contributed by atoms with Gasteiger partial charge in [0.2, 0.25) is 17.0 Å². The number of unbranched alkanes of at least 4 members (excludes halogenated alkanes) is 1. The first-order valence-corrected chi connectivity index (χ1v) is 10.7. The topological polar surface area (TPSA) is 104 Å². The number of nitrogens with two attached hydrogens (primary N) is 1. The lowest BCUT2D eigenvalue weighted by molar-refractivity contribution is -0.115. The number of nitrogens with zero attached hydrogens (tertiary/aromatic N) is 3. The Morgan fingerprint density at radius 3 is 2.79 bits per heavy atom. The van der Waals surface area contributed by atoms with Gasteiger partial charge in [-0.1, -0.05) is 38.1 Å². The number of hydrogen-bond acceptors (Lipinski definition) is 7. The third-order valence-electron chi connectivity index (χ3n) is 4.63. The van der Waals surface area contributed by atoms with Crippen LogP contribution in [-0.4, -0.2) is 40.1 Å². The smallest absolute Gasteiger partial charge is 0.248 e. The van der Waals surface area contributed by atoms with Crippen LogP contribution in [0.25, 0.3) is 0 Å². The second kappa shape index (κ2) is 9.21. The Hall–Kier alpha value is -2.68. The highest BCUT2D eigenvalue weighted by Crippen LogP contribution is 2.39. The van der Waals surface area contributed by atoms with E-state index in [1.54, 1.807) is 11.8 Å². The van der Waals surface area contributed by atoms with Crippen molar-refractivity contribution in [2.45, 2.75) is 44.8 Å². The summed E-state index contributed by atoms with van der Waals surface area (Å²) in [6, 6.07) is 5.14. The van der Waals surface area contributed by atoms with Crippen molar-refractivity contribution in [3.63, 3.8) is 0 Å². The number of methoxy groups -OCH3 is 1. The van der Waals surface area contributed by atoms with Crippen LogP contribution in [0.3, 0.4) is 0 Å². The molecule has 8 nitrogen and oxygen atoms in total. The number of thioether (sulfide) groups is 1. The molecule has 3 rings (SSSR count). The van der Waals surface area contributed by atoms with Gasteiger partial charge in [-0.25, -0.2) is 4.68 Å². The number of primary amides is 1. The first kappa shape index (κ1) is 21.0. The first-order chi connectivity index (χ1) is 14.0. The third kappa shape index (κ3) is 4.34. The summed E-state index contributed by atoms with van der Waals surface area (Å²) in [6.45, 7) is 6.59. The summed E-state index contributed by atoms with van der Waals surface area (Å²) >= 11 is 1.54. The van der Waals surface area contributed by atoms with Crippen molar-refractivity contribution in [1.29, 1.82) is 0 Å². The van der Waals surface area contributed by atoms with Crippen LogP contribution in [0.1, 0.15) is 45.2 Å². The molecule has 9 heteroatoms. The van der Waals surface area contributed by atoms with Crippen molar-refractivity contribution in [3.05, 3.63) is 35.0 Å². The zero-order valence-electron chi connectivity index (χ0n) is 17.2. The van der Waals surface area contributed by atoms with Gasteiger partial charge < -0.3 is 20.5 Å². The molecule has 0 saturated carbocycles. The Kier molecular flexibility index (Phi) is 6.68. The number of nitrogens with one attached hydrogen (secondary N) is 1. The standard InChI is InChI=1S/C20H27N5O3S/c1-5-7-10-28-14-9-8-13(11-15(14)27-4)17-16(18(21)26)12(3)22-19-23-20(29-6-2)24-25(17)19/h8-9,11,17H,5-7,10H2,1-4H3,(H2,21,26)(H,22,23,24). The number of benzene rings is 1.